The molecular formula is C16H14N4O5S. The van der Waals surface area contributed by atoms with E-state index >= 15 is 0 Å². The van der Waals surface area contributed by atoms with E-state index in [-0.39, 0.29) is 10.6 Å². The highest BCUT2D eigenvalue weighted by atomic mass is 32.2. The van der Waals surface area contributed by atoms with Gasteiger partial charge in [-0.1, -0.05) is 23.4 Å². The van der Waals surface area contributed by atoms with Crippen LogP contribution in [0.1, 0.15) is 11.3 Å². The molecule has 3 rings (SSSR count). The van der Waals surface area contributed by atoms with Crippen molar-refractivity contribution in [3.63, 3.8) is 0 Å². The first kappa shape index (κ1) is 17.5. The van der Waals surface area contributed by atoms with Crippen molar-refractivity contribution in [1.82, 2.24) is 9.57 Å². The van der Waals surface area contributed by atoms with Crippen molar-refractivity contribution in [3.05, 3.63) is 63.9 Å². The minimum absolute atomic E-state index is 0.186. The van der Waals surface area contributed by atoms with Gasteiger partial charge in [-0.25, -0.2) is 0 Å². The van der Waals surface area contributed by atoms with E-state index in [0.29, 0.717) is 22.2 Å². The number of hydrazone groups is 1. The Labute approximate surface area is 148 Å². The summed E-state index contributed by atoms with van der Waals surface area (Å²) in [5.41, 5.74) is 0.685. The quantitative estimate of drug-likeness (QED) is 0.385. The first-order valence-corrected chi connectivity index (χ1v) is 8.87. The highest BCUT2D eigenvalue weighted by molar-refractivity contribution is 7.89. The molecule has 0 amide bonds. The monoisotopic (exact) mass is 374 g/mol. The van der Waals surface area contributed by atoms with Gasteiger partial charge in [0.1, 0.15) is 5.52 Å². The lowest BCUT2D eigenvalue weighted by atomic mass is 10.2. The van der Waals surface area contributed by atoms with Gasteiger partial charge in [-0.3, -0.25) is 10.1 Å². The Kier molecular flexibility index (Phi) is 4.43. The number of non-ortho nitro benzene ring substituents is 1. The first-order chi connectivity index (χ1) is 12.3. The zero-order chi connectivity index (χ0) is 18.9. The molecule has 134 valence electrons. The minimum atomic E-state index is -4.06. The van der Waals surface area contributed by atoms with Gasteiger partial charge < -0.3 is 4.52 Å². The van der Waals surface area contributed by atoms with Gasteiger partial charge in [-0.2, -0.15) is 17.9 Å². The van der Waals surface area contributed by atoms with E-state index in [2.05, 4.69) is 10.3 Å². The molecule has 0 radical (unpaired) electrons. The summed E-state index contributed by atoms with van der Waals surface area (Å²) in [4.78, 5) is 10.1. The van der Waals surface area contributed by atoms with E-state index < -0.39 is 14.9 Å². The van der Waals surface area contributed by atoms with Crippen LogP contribution in [-0.4, -0.2) is 36.2 Å². The number of benzene rings is 2. The molecule has 2 aromatic carbocycles. The van der Waals surface area contributed by atoms with Crippen molar-refractivity contribution >= 4 is 32.8 Å². The van der Waals surface area contributed by atoms with Crippen molar-refractivity contribution in [2.45, 2.75) is 11.8 Å². The summed E-state index contributed by atoms with van der Waals surface area (Å²) in [6, 6.07) is 10.8. The van der Waals surface area contributed by atoms with E-state index in [9.17, 15) is 18.5 Å². The Balaban J connectivity index is 1.95. The highest BCUT2D eigenvalue weighted by Gasteiger charge is 2.24. The topological polar surface area (TPSA) is 119 Å². The van der Waals surface area contributed by atoms with Crippen LogP contribution in [0.2, 0.25) is 0 Å². The summed E-state index contributed by atoms with van der Waals surface area (Å²) in [5.74, 6) is 0.304. The third-order valence-electron chi connectivity index (χ3n) is 3.76. The summed E-state index contributed by atoms with van der Waals surface area (Å²) in [6.07, 6.45) is 1.24. The van der Waals surface area contributed by atoms with Gasteiger partial charge in [0, 0.05) is 19.2 Å². The molecule has 0 aliphatic heterocycles. The van der Waals surface area contributed by atoms with Crippen LogP contribution in [0.5, 0.6) is 0 Å². The Bertz CT molecular complexity index is 1120. The number of nitro groups is 1. The lowest BCUT2D eigenvalue weighted by Gasteiger charge is -2.14. The fourth-order valence-corrected chi connectivity index (χ4v) is 3.52. The van der Waals surface area contributed by atoms with Crippen LogP contribution in [-0.2, 0) is 10.0 Å². The number of nitro benzene ring substituents is 1. The Morgan fingerprint density at radius 1 is 1.27 bits per heavy atom. The molecule has 0 atom stereocenters. The van der Waals surface area contributed by atoms with Gasteiger partial charge in [0.05, 0.1) is 21.4 Å². The molecule has 0 spiro atoms. The van der Waals surface area contributed by atoms with Gasteiger partial charge in [0.25, 0.3) is 15.7 Å². The van der Waals surface area contributed by atoms with E-state index in [1.54, 1.807) is 31.2 Å². The van der Waals surface area contributed by atoms with Crippen LogP contribution < -0.4 is 0 Å². The summed E-state index contributed by atoms with van der Waals surface area (Å²) >= 11 is 0. The van der Waals surface area contributed by atoms with Gasteiger partial charge in [-0.15, -0.1) is 0 Å². The number of fused-ring (bicyclic) bond motifs is 1. The van der Waals surface area contributed by atoms with Crippen molar-refractivity contribution in [3.8, 4) is 0 Å². The third kappa shape index (κ3) is 3.14. The zero-order valence-electron chi connectivity index (χ0n) is 13.9. The molecule has 0 bridgehead atoms. The number of sulfonamides is 1. The SMILES string of the molecule is Cc1ccc([N+](=O)[O-])cc1S(=O)(=O)N(C)/N=C/c1onc2ccccc12. The third-order valence-corrected chi connectivity index (χ3v) is 5.54. The Morgan fingerprint density at radius 2 is 2.00 bits per heavy atom. The summed E-state index contributed by atoms with van der Waals surface area (Å²) in [7, 11) is -2.82. The molecule has 10 heteroatoms. The molecule has 26 heavy (non-hydrogen) atoms. The van der Waals surface area contributed by atoms with Crippen LogP contribution in [0.25, 0.3) is 10.9 Å². The predicted octanol–water partition coefficient (Wildman–Crippen LogP) is 2.70. The Morgan fingerprint density at radius 3 is 2.73 bits per heavy atom. The van der Waals surface area contributed by atoms with Crippen molar-refractivity contribution in [1.29, 1.82) is 0 Å². The lowest BCUT2D eigenvalue weighted by molar-refractivity contribution is -0.385. The molecule has 0 saturated heterocycles. The summed E-state index contributed by atoms with van der Waals surface area (Å²) in [6.45, 7) is 1.55. The molecule has 0 aliphatic rings. The fraction of sp³-hybridized carbons (Fsp3) is 0.125. The smallest absolute Gasteiger partial charge is 0.279 e. The maximum Gasteiger partial charge on any atom is 0.279 e. The maximum absolute atomic E-state index is 12.7. The first-order valence-electron chi connectivity index (χ1n) is 7.43. The van der Waals surface area contributed by atoms with Crippen LogP contribution >= 0.6 is 0 Å². The molecular weight excluding hydrogens is 360 g/mol. The number of rotatable bonds is 5. The minimum Gasteiger partial charge on any atom is -0.354 e. The van der Waals surface area contributed by atoms with Gasteiger partial charge in [0.2, 0.25) is 0 Å². The lowest BCUT2D eigenvalue weighted by Crippen LogP contribution is -2.22. The largest absolute Gasteiger partial charge is 0.354 e. The van der Waals surface area contributed by atoms with Gasteiger partial charge in [-0.05, 0) is 24.6 Å². The molecule has 0 saturated carbocycles. The van der Waals surface area contributed by atoms with Gasteiger partial charge >= 0.3 is 0 Å². The van der Waals surface area contributed by atoms with Crippen LogP contribution in [0.15, 0.2) is 57.0 Å². The van der Waals surface area contributed by atoms with Crippen LogP contribution in [0.4, 0.5) is 5.69 Å². The number of aromatic nitrogens is 1. The number of hydrogen-bond donors (Lipinski definition) is 0. The zero-order valence-corrected chi connectivity index (χ0v) is 14.7. The Hall–Kier alpha value is -3.27. The molecule has 1 heterocycles. The van der Waals surface area contributed by atoms with E-state index in [1.807, 2.05) is 0 Å². The maximum atomic E-state index is 12.7. The van der Waals surface area contributed by atoms with E-state index in [4.69, 9.17) is 4.52 Å². The predicted molar refractivity (Wildman–Crippen MR) is 94.4 cm³/mol. The molecule has 3 aromatic rings. The van der Waals surface area contributed by atoms with Crippen molar-refractivity contribution in [2.24, 2.45) is 5.10 Å². The summed E-state index contributed by atoms with van der Waals surface area (Å²) in [5, 5.41) is 19.4. The average Bonchev–Trinajstić information content (AvgIpc) is 3.02. The highest BCUT2D eigenvalue weighted by Crippen LogP contribution is 2.24. The van der Waals surface area contributed by atoms with E-state index in [0.717, 1.165) is 10.5 Å². The standard InChI is InChI=1S/C16H14N4O5S/c1-11-7-8-12(20(21)22)9-16(11)26(23,24)19(2)17-10-15-13-5-3-4-6-14(13)18-25-15/h3-10H,1-2H3/b17-10+. The van der Waals surface area contributed by atoms with Crippen molar-refractivity contribution < 1.29 is 17.9 Å². The molecule has 0 fully saturated rings. The number of aryl methyl sites for hydroxylation is 1. The van der Waals surface area contributed by atoms with Gasteiger partial charge in [0.15, 0.2) is 5.76 Å². The van der Waals surface area contributed by atoms with Crippen LogP contribution in [0, 0.1) is 17.0 Å². The molecule has 0 aliphatic carbocycles. The molecule has 0 N–H and O–H groups in total. The second kappa shape index (κ2) is 6.56. The number of hydrogen-bond acceptors (Lipinski definition) is 7. The fourth-order valence-electron chi connectivity index (χ4n) is 2.32. The second-order valence-electron chi connectivity index (χ2n) is 5.45. The van der Waals surface area contributed by atoms with Crippen molar-refractivity contribution in [2.75, 3.05) is 7.05 Å². The molecule has 1 aromatic heterocycles. The molecule has 0 unspecified atom stereocenters. The van der Waals surface area contributed by atoms with Crippen LogP contribution in [0.3, 0.4) is 0 Å². The summed E-state index contributed by atoms with van der Waals surface area (Å²) < 4.78 is 31.3. The molecule has 9 nitrogen and oxygen atoms in total. The number of nitrogens with zero attached hydrogens (tertiary/aromatic N) is 4. The average molecular weight is 374 g/mol. The normalized spacial score (nSPS) is 11.9. The van der Waals surface area contributed by atoms with E-state index in [1.165, 1.54) is 25.4 Å². The second-order valence-corrected chi connectivity index (χ2v) is 7.37.